The molecule has 0 saturated heterocycles. The lowest BCUT2D eigenvalue weighted by molar-refractivity contribution is -0.143. The molecular weight excluding hydrogens is 959 g/mol. The Morgan fingerprint density at radius 3 is 1.01 bits per heavy atom. The maximum atomic E-state index is 12.5. The second-order valence-corrected chi connectivity index (χ2v) is 23.9. The van der Waals surface area contributed by atoms with Crippen LogP contribution in [0.2, 0.25) is 0 Å². The zero-order chi connectivity index (χ0) is 56.4. The number of nitrogens with one attached hydrogen (secondary N) is 1. The molecule has 6 nitrogen and oxygen atoms in total. The summed E-state index contributed by atoms with van der Waals surface area (Å²) in [6.45, 7) is 4.89. The first-order valence-electron chi connectivity index (χ1n) is 34.9. The minimum atomic E-state index is -0.842. The van der Waals surface area contributed by atoms with Crippen LogP contribution in [0.4, 0.5) is 0 Å². The van der Waals surface area contributed by atoms with Crippen LogP contribution < -0.4 is 5.32 Å². The van der Waals surface area contributed by atoms with E-state index in [9.17, 15) is 19.8 Å². The molecule has 1 amide bonds. The highest BCUT2D eigenvalue weighted by atomic mass is 16.5. The Kier molecular flexibility index (Phi) is 65.4. The van der Waals surface area contributed by atoms with Gasteiger partial charge in [0.25, 0.3) is 0 Å². The predicted octanol–water partition coefficient (Wildman–Crippen LogP) is 22.5. The molecule has 0 saturated carbocycles. The molecule has 0 aliphatic heterocycles. The van der Waals surface area contributed by atoms with Gasteiger partial charge in [-0.25, -0.2) is 0 Å². The van der Waals surface area contributed by atoms with Crippen molar-refractivity contribution < 1.29 is 24.5 Å². The van der Waals surface area contributed by atoms with E-state index in [-0.39, 0.29) is 18.5 Å². The molecule has 3 N–H and O–H groups in total. The van der Waals surface area contributed by atoms with E-state index in [2.05, 4.69) is 55.6 Å². The number of ether oxygens (including phenoxy) is 1. The molecule has 0 fully saturated rings. The lowest BCUT2D eigenvalue weighted by Gasteiger charge is -2.20. The average Bonchev–Trinajstić information content (AvgIpc) is 3.44. The molecule has 0 spiro atoms. The second-order valence-electron chi connectivity index (χ2n) is 23.9. The highest BCUT2D eigenvalue weighted by Crippen LogP contribution is 2.18. The monoisotopic (exact) mass is 1090 g/mol. The number of amides is 1. The van der Waals surface area contributed by atoms with E-state index in [0.717, 1.165) is 51.4 Å². The minimum absolute atomic E-state index is 0.00433. The van der Waals surface area contributed by atoms with Crippen molar-refractivity contribution in [3.05, 3.63) is 48.6 Å². The summed E-state index contributed by atoms with van der Waals surface area (Å²) >= 11 is 0. The Bertz CT molecular complexity index is 1310. The lowest BCUT2D eigenvalue weighted by Crippen LogP contribution is -2.45. The predicted molar refractivity (Wildman–Crippen MR) is 342 cm³/mol. The number of aliphatic hydroxyl groups excluding tert-OH is 2. The molecule has 0 aliphatic carbocycles. The third kappa shape index (κ3) is 63.0. The second kappa shape index (κ2) is 67.3. The van der Waals surface area contributed by atoms with E-state index in [1.54, 1.807) is 6.08 Å². The molecule has 78 heavy (non-hydrogen) atoms. The van der Waals surface area contributed by atoms with Crippen molar-refractivity contribution in [3.8, 4) is 0 Å². The molecule has 0 aromatic heterocycles. The zero-order valence-corrected chi connectivity index (χ0v) is 52.4. The number of hydrogen-bond donors (Lipinski definition) is 3. The Hall–Kier alpha value is -2.18. The number of carbonyl (C=O) groups excluding carboxylic acids is 2. The van der Waals surface area contributed by atoms with Crippen LogP contribution >= 0.6 is 0 Å². The SMILES string of the molecule is CCCCC/C=C\C/C=C\CCCCCCCC(=O)OCCCCCCCCCCCCCC/C=C\CCCCCCCCCCCCCCCCCCCC(=O)NC(CO)C(O)/C=C/CCCCCCCCCCCCC. The topological polar surface area (TPSA) is 95.9 Å². The molecule has 0 radical (unpaired) electrons. The number of rotatable bonds is 65. The summed E-state index contributed by atoms with van der Waals surface area (Å²) < 4.78 is 5.49. The van der Waals surface area contributed by atoms with Gasteiger partial charge in [0.2, 0.25) is 5.91 Å². The third-order valence-corrected chi connectivity index (χ3v) is 16.1. The molecule has 458 valence electrons. The van der Waals surface area contributed by atoms with Gasteiger partial charge < -0.3 is 20.3 Å². The quantitative estimate of drug-likeness (QED) is 0.0320. The van der Waals surface area contributed by atoms with Crippen molar-refractivity contribution in [1.29, 1.82) is 0 Å². The number of carbonyl (C=O) groups is 2. The standard InChI is InChI=1S/C72H135NO5/c1-3-5-7-9-11-13-15-17-37-42-46-50-54-58-62-66-72(77)78-67-63-59-55-51-47-43-39-36-34-32-30-28-26-24-22-20-18-19-21-23-25-27-29-31-33-35-38-41-45-49-53-57-61-65-71(76)73-69(68-74)70(75)64-60-56-52-48-44-40-16-14-12-10-8-6-4-2/h11,13,17,22,24,37,60,64,69-70,74-75H,3-10,12,14-16,18-21,23,25-36,38-59,61-63,65-68H2,1-2H3,(H,73,76)/b13-11-,24-22-,37-17-,64-60+. The largest absolute Gasteiger partial charge is 0.466 e. The van der Waals surface area contributed by atoms with Crippen LogP contribution in [-0.2, 0) is 14.3 Å². The van der Waals surface area contributed by atoms with Gasteiger partial charge in [-0.05, 0) is 89.9 Å². The van der Waals surface area contributed by atoms with Crippen molar-refractivity contribution in [2.24, 2.45) is 0 Å². The number of hydrogen-bond acceptors (Lipinski definition) is 5. The van der Waals surface area contributed by atoms with Crippen molar-refractivity contribution >= 4 is 11.9 Å². The first kappa shape index (κ1) is 75.8. The number of allylic oxidation sites excluding steroid dienone is 7. The summed E-state index contributed by atoms with van der Waals surface area (Å²) in [5.74, 6) is -0.0598. The van der Waals surface area contributed by atoms with Gasteiger partial charge in [0.1, 0.15) is 0 Å². The van der Waals surface area contributed by atoms with E-state index >= 15 is 0 Å². The van der Waals surface area contributed by atoms with Gasteiger partial charge in [-0.3, -0.25) is 9.59 Å². The van der Waals surface area contributed by atoms with Crippen LogP contribution in [0.5, 0.6) is 0 Å². The highest BCUT2D eigenvalue weighted by molar-refractivity contribution is 5.76. The molecule has 0 aromatic rings. The van der Waals surface area contributed by atoms with Crippen LogP contribution in [0.15, 0.2) is 48.6 Å². The van der Waals surface area contributed by atoms with Crippen molar-refractivity contribution in [1.82, 2.24) is 5.32 Å². The fourth-order valence-corrected chi connectivity index (χ4v) is 10.7. The van der Waals surface area contributed by atoms with Crippen LogP contribution in [0.1, 0.15) is 373 Å². The van der Waals surface area contributed by atoms with E-state index in [1.807, 2.05) is 6.08 Å². The van der Waals surface area contributed by atoms with E-state index in [4.69, 9.17) is 4.74 Å². The Morgan fingerprint density at radius 1 is 0.359 bits per heavy atom. The summed E-state index contributed by atoms with van der Waals surface area (Å²) in [7, 11) is 0. The van der Waals surface area contributed by atoms with Crippen molar-refractivity contribution in [2.45, 2.75) is 386 Å². The molecule has 0 aliphatic rings. The Balaban J connectivity index is 3.36. The first-order valence-corrected chi connectivity index (χ1v) is 34.9. The summed E-state index contributed by atoms with van der Waals surface area (Å²) in [4.78, 5) is 24.5. The smallest absolute Gasteiger partial charge is 0.305 e. The fraction of sp³-hybridized carbons (Fsp3) is 0.861. The van der Waals surface area contributed by atoms with Gasteiger partial charge in [0.15, 0.2) is 0 Å². The minimum Gasteiger partial charge on any atom is -0.466 e. The average molecular weight is 1090 g/mol. The number of unbranched alkanes of at least 4 members (excludes halogenated alkanes) is 48. The maximum absolute atomic E-state index is 12.5. The molecule has 2 atom stereocenters. The normalized spacial score (nSPS) is 12.8. The summed E-state index contributed by atoms with van der Waals surface area (Å²) in [6, 6.07) is -0.625. The third-order valence-electron chi connectivity index (χ3n) is 16.1. The summed E-state index contributed by atoms with van der Waals surface area (Å²) in [6.07, 6.45) is 87.7. The fourth-order valence-electron chi connectivity index (χ4n) is 10.7. The van der Waals surface area contributed by atoms with Gasteiger partial charge in [-0.15, -0.1) is 0 Å². The van der Waals surface area contributed by atoms with Gasteiger partial charge in [0, 0.05) is 12.8 Å². The zero-order valence-electron chi connectivity index (χ0n) is 52.4. The van der Waals surface area contributed by atoms with E-state index in [1.165, 1.54) is 295 Å². The van der Waals surface area contributed by atoms with Gasteiger partial charge in [-0.1, -0.05) is 319 Å². The Labute approximate surface area is 486 Å². The molecule has 0 rings (SSSR count). The van der Waals surface area contributed by atoms with Crippen LogP contribution in [0, 0.1) is 0 Å². The van der Waals surface area contributed by atoms with E-state index in [0.29, 0.717) is 19.4 Å². The first-order chi connectivity index (χ1) is 38.5. The van der Waals surface area contributed by atoms with Crippen LogP contribution in [0.3, 0.4) is 0 Å². The van der Waals surface area contributed by atoms with Crippen molar-refractivity contribution in [2.75, 3.05) is 13.2 Å². The summed E-state index contributed by atoms with van der Waals surface area (Å²) in [5.41, 5.74) is 0. The number of esters is 1. The van der Waals surface area contributed by atoms with Crippen molar-refractivity contribution in [3.63, 3.8) is 0 Å². The number of aliphatic hydroxyl groups is 2. The highest BCUT2D eigenvalue weighted by Gasteiger charge is 2.18. The lowest BCUT2D eigenvalue weighted by atomic mass is 10.0. The summed E-state index contributed by atoms with van der Waals surface area (Å²) in [5, 5.41) is 23.1. The van der Waals surface area contributed by atoms with Crippen LogP contribution in [-0.4, -0.2) is 47.4 Å². The molecule has 0 bridgehead atoms. The molecule has 6 heteroatoms. The van der Waals surface area contributed by atoms with E-state index < -0.39 is 12.1 Å². The molecule has 0 aromatic carbocycles. The van der Waals surface area contributed by atoms with Gasteiger partial charge >= 0.3 is 5.97 Å². The van der Waals surface area contributed by atoms with Gasteiger partial charge in [0.05, 0.1) is 25.4 Å². The molecule has 2 unspecified atom stereocenters. The van der Waals surface area contributed by atoms with Crippen LogP contribution in [0.25, 0.3) is 0 Å². The molecule has 0 heterocycles. The van der Waals surface area contributed by atoms with Gasteiger partial charge in [-0.2, -0.15) is 0 Å². The maximum Gasteiger partial charge on any atom is 0.305 e. The molecular formula is C72H135NO5. The Morgan fingerprint density at radius 2 is 0.641 bits per heavy atom.